The Morgan fingerprint density at radius 1 is 1.47 bits per heavy atom. The van der Waals surface area contributed by atoms with Gasteiger partial charge in [-0.15, -0.1) is 11.6 Å². The Balaban J connectivity index is 2.52. The van der Waals surface area contributed by atoms with Gasteiger partial charge in [-0.2, -0.15) is 5.10 Å². The van der Waals surface area contributed by atoms with E-state index in [0.717, 1.165) is 44.0 Å². The molecule has 0 amide bonds. The minimum Gasteiger partial charge on any atom is -0.298 e. The van der Waals surface area contributed by atoms with Crippen molar-refractivity contribution in [2.24, 2.45) is 0 Å². The molecule has 98 valence electrons. The van der Waals surface area contributed by atoms with Gasteiger partial charge in [0.05, 0.1) is 5.69 Å². The fourth-order valence-electron chi connectivity index (χ4n) is 1.76. The Morgan fingerprint density at radius 3 is 2.82 bits per heavy atom. The van der Waals surface area contributed by atoms with Crippen LogP contribution in [0.4, 0.5) is 0 Å². The molecule has 1 rings (SSSR count). The molecule has 17 heavy (non-hydrogen) atoms. The van der Waals surface area contributed by atoms with Gasteiger partial charge in [0.15, 0.2) is 0 Å². The Morgan fingerprint density at radius 2 is 2.24 bits per heavy atom. The van der Waals surface area contributed by atoms with Crippen LogP contribution in [-0.2, 0) is 6.54 Å². The van der Waals surface area contributed by atoms with Crippen molar-refractivity contribution in [3.63, 3.8) is 0 Å². The van der Waals surface area contributed by atoms with Gasteiger partial charge in [-0.1, -0.05) is 13.8 Å². The van der Waals surface area contributed by atoms with Crippen LogP contribution < -0.4 is 0 Å². The van der Waals surface area contributed by atoms with Gasteiger partial charge < -0.3 is 0 Å². The third-order valence-electron chi connectivity index (χ3n) is 3.15. The molecule has 1 aromatic heterocycles. The van der Waals surface area contributed by atoms with Gasteiger partial charge in [0.25, 0.3) is 0 Å². The largest absolute Gasteiger partial charge is 0.298 e. The number of hydrogen-bond donors (Lipinski definition) is 0. The third-order valence-corrected chi connectivity index (χ3v) is 3.41. The summed E-state index contributed by atoms with van der Waals surface area (Å²) in [6, 6.07) is 2.61. The van der Waals surface area contributed by atoms with Crippen molar-refractivity contribution in [1.82, 2.24) is 14.7 Å². The van der Waals surface area contributed by atoms with E-state index in [1.54, 1.807) is 0 Å². The zero-order valence-corrected chi connectivity index (χ0v) is 12.0. The molecule has 0 saturated carbocycles. The minimum atomic E-state index is 0.488. The minimum absolute atomic E-state index is 0.488. The van der Waals surface area contributed by atoms with Gasteiger partial charge in [-0.3, -0.25) is 9.58 Å². The molecule has 0 aromatic carbocycles. The highest BCUT2D eigenvalue weighted by atomic mass is 35.5. The smallest absolute Gasteiger partial charge is 0.0764 e. The normalized spacial score (nSPS) is 13.2. The zero-order valence-electron chi connectivity index (χ0n) is 11.2. The second-order valence-electron chi connectivity index (χ2n) is 4.46. The molecular weight excluding hydrogens is 234 g/mol. The van der Waals surface area contributed by atoms with Gasteiger partial charge in [0.2, 0.25) is 0 Å². The quantitative estimate of drug-likeness (QED) is 0.667. The van der Waals surface area contributed by atoms with E-state index in [9.17, 15) is 0 Å². The molecule has 3 nitrogen and oxygen atoms in total. The lowest BCUT2D eigenvalue weighted by molar-refractivity contribution is 0.276. The summed E-state index contributed by atoms with van der Waals surface area (Å²) in [5.41, 5.74) is 1.15. The number of alkyl halides is 1. The summed E-state index contributed by atoms with van der Waals surface area (Å²) in [4.78, 5) is 2.38. The van der Waals surface area contributed by atoms with Crippen molar-refractivity contribution in [2.45, 2.75) is 46.2 Å². The van der Waals surface area contributed by atoms with E-state index in [1.807, 2.05) is 0 Å². The fourth-order valence-corrected chi connectivity index (χ4v) is 1.88. The van der Waals surface area contributed by atoms with Crippen LogP contribution in [0.1, 0.15) is 45.3 Å². The first-order chi connectivity index (χ1) is 8.21. The predicted molar refractivity (Wildman–Crippen MR) is 73.5 cm³/mol. The van der Waals surface area contributed by atoms with Crippen LogP contribution in [0.15, 0.2) is 12.3 Å². The lowest BCUT2D eigenvalue weighted by atomic mass is 10.3. The lowest BCUT2D eigenvalue weighted by Gasteiger charge is -2.18. The van der Waals surface area contributed by atoms with E-state index >= 15 is 0 Å². The van der Waals surface area contributed by atoms with Gasteiger partial charge >= 0.3 is 0 Å². The molecule has 0 fully saturated rings. The molecule has 0 radical (unpaired) electrons. The highest BCUT2D eigenvalue weighted by Crippen LogP contribution is 2.10. The first-order valence-corrected chi connectivity index (χ1v) is 7.07. The van der Waals surface area contributed by atoms with Gasteiger partial charge in [0.1, 0.15) is 0 Å². The number of hydrogen-bond acceptors (Lipinski definition) is 2. The summed E-state index contributed by atoms with van der Waals surface area (Å²) in [6.45, 7) is 9.59. The maximum Gasteiger partial charge on any atom is 0.0764 e. The van der Waals surface area contributed by atoms with Crippen molar-refractivity contribution in [2.75, 3.05) is 19.0 Å². The Hall–Kier alpha value is -0.540. The van der Waals surface area contributed by atoms with Crippen molar-refractivity contribution in [3.8, 4) is 0 Å². The Labute approximate surface area is 110 Å². The molecule has 0 aliphatic carbocycles. The average Bonchev–Trinajstić information content (AvgIpc) is 2.81. The van der Waals surface area contributed by atoms with E-state index in [-0.39, 0.29) is 0 Å². The summed E-state index contributed by atoms with van der Waals surface area (Å²) in [6.07, 6.45) is 4.24. The van der Waals surface area contributed by atoms with E-state index in [0.29, 0.717) is 6.04 Å². The highest BCUT2D eigenvalue weighted by molar-refractivity contribution is 6.17. The van der Waals surface area contributed by atoms with Crippen LogP contribution in [0.25, 0.3) is 0 Å². The first-order valence-electron chi connectivity index (χ1n) is 6.53. The molecule has 0 bridgehead atoms. The van der Waals surface area contributed by atoms with Crippen LogP contribution in [0.3, 0.4) is 0 Å². The average molecular weight is 258 g/mol. The van der Waals surface area contributed by atoms with Crippen LogP contribution in [-0.4, -0.2) is 33.6 Å². The molecule has 1 unspecified atom stereocenters. The summed E-state index contributed by atoms with van der Waals surface area (Å²) < 4.78 is 2.06. The number of halogens is 1. The van der Waals surface area contributed by atoms with Gasteiger partial charge in [0, 0.05) is 24.7 Å². The molecule has 0 spiro atoms. The molecule has 0 N–H and O–H groups in total. The standard InChI is InChI=1S/C13H24ClN3/c1-4-12(3)17-10-7-13(15-17)11-16(5-2)9-6-8-14/h7,10,12H,4-6,8-9,11H2,1-3H3. The van der Waals surface area contributed by atoms with E-state index < -0.39 is 0 Å². The second-order valence-corrected chi connectivity index (χ2v) is 4.83. The summed E-state index contributed by atoms with van der Waals surface area (Å²) in [7, 11) is 0. The van der Waals surface area contributed by atoms with Gasteiger partial charge in [-0.05, 0) is 38.9 Å². The Kier molecular flexibility index (Phi) is 6.60. The summed E-state index contributed by atoms with van der Waals surface area (Å²) in [5.74, 6) is 0.734. The van der Waals surface area contributed by atoms with E-state index in [4.69, 9.17) is 11.6 Å². The van der Waals surface area contributed by atoms with Crippen LogP contribution in [0.5, 0.6) is 0 Å². The maximum atomic E-state index is 5.72. The summed E-state index contributed by atoms with van der Waals surface area (Å²) >= 11 is 5.72. The van der Waals surface area contributed by atoms with E-state index in [1.165, 1.54) is 0 Å². The Bertz CT molecular complexity index is 311. The molecule has 1 atom stereocenters. The molecule has 1 aromatic rings. The van der Waals surface area contributed by atoms with Crippen molar-refractivity contribution in [3.05, 3.63) is 18.0 Å². The zero-order chi connectivity index (χ0) is 12.7. The van der Waals surface area contributed by atoms with Crippen molar-refractivity contribution >= 4 is 11.6 Å². The topological polar surface area (TPSA) is 21.1 Å². The van der Waals surface area contributed by atoms with Crippen LogP contribution in [0, 0.1) is 0 Å². The molecule has 0 aliphatic heterocycles. The number of nitrogens with zero attached hydrogens (tertiary/aromatic N) is 3. The van der Waals surface area contributed by atoms with Crippen molar-refractivity contribution < 1.29 is 0 Å². The van der Waals surface area contributed by atoms with Crippen molar-refractivity contribution in [1.29, 1.82) is 0 Å². The van der Waals surface area contributed by atoms with Crippen LogP contribution in [0.2, 0.25) is 0 Å². The molecule has 4 heteroatoms. The molecule has 0 aliphatic rings. The predicted octanol–water partition coefficient (Wildman–Crippen LogP) is 3.30. The summed E-state index contributed by atoms with van der Waals surface area (Å²) in [5, 5.41) is 4.62. The van der Waals surface area contributed by atoms with Gasteiger partial charge in [-0.25, -0.2) is 0 Å². The molecule has 0 saturated heterocycles. The number of rotatable bonds is 8. The van der Waals surface area contributed by atoms with Crippen LogP contribution >= 0.6 is 11.6 Å². The molecule has 1 heterocycles. The monoisotopic (exact) mass is 257 g/mol. The molecular formula is C13H24ClN3. The second kappa shape index (κ2) is 7.72. The highest BCUT2D eigenvalue weighted by Gasteiger charge is 2.08. The maximum absolute atomic E-state index is 5.72. The SMILES string of the molecule is CCC(C)n1ccc(CN(CC)CCCCl)n1. The third kappa shape index (κ3) is 4.68. The lowest BCUT2D eigenvalue weighted by Crippen LogP contribution is -2.24. The number of aromatic nitrogens is 2. The fraction of sp³-hybridized carbons (Fsp3) is 0.769. The first kappa shape index (κ1) is 14.5. The van der Waals surface area contributed by atoms with E-state index in [2.05, 4.69) is 47.7 Å².